The fourth-order valence-electron chi connectivity index (χ4n) is 2.26. The van der Waals surface area contributed by atoms with Gasteiger partial charge in [-0.2, -0.15) is 0 Å². The van der Waals surface area contributed by atoms with Crippen molar-refractivity contribution in [1.29, 1.82) is 0 Å². The van der Waals surface area contributed by atoms with Crippen molar-refractivity contribution in [3.05, 3.63) is 12.2 Å². The van der Waals surface area contributed by atoms with Gasteiger partial charge in [0.05, 0.1) is 26.1 Å². The maximum atomic E-state index is 10.7. The van der Waals surface area contributed by atoms with Crippen LogP contribution in [0.5, 0.6) is 0 Å². The Morgan fingerprint density at radius 3 is 2.23 bits per heavy atom. The SMILES string of the molecule is C/C=C/CCCCC[N+](CO)(CCC(=O)[O-])CCC(=O)O.[Li+]. The van der Waals surface area contributed by atoms with E-state index in [0.29, 0.717) is 6.54 Å². The number of aliphatic hydroxyl groups is 1. The summed E-state index contributed by atoms with van der Waals surface area (Å²) in [7, 11) is 0. The summed E-state index contributed by atoms with van der Waals surface area (Å²) in [5, 5.41) is 29.0. The molecule has 0 saturated heterocycles. The second-order valence-electron chi connectivity index (χ2n) is 5.34. The number of nitrogens with zero attached hydrogens (tertiary/aromatic N) is 1. The number of aliphatic hydroxyl groups excluding tert-OH is 1. The van der Waals surface area contributed by atoms with E-state index < -0.39 is 11.9 Å². The molecule has 7 heteroatoms. The third-order valence-corrected chi connectivity index (χ3v) is 3.63. The summed E-state index contributed by atoms with van der Waals surface area (Å²) in [6, 6.07) is 0. The van der Waals surface area contributed by atoms with Gasteiger partial charge in [-0.3, -0.25) is 4.79 Å². The first-order chi connectivity index (χ1) is 9.95. The van der Waals surface area contributed by atoms with Crippen LogP contribution in [0.1, 0.15) is 45.4 Å². The molecule has 1 unspecified atom stereocenters. The largest absolute Gasteiger partial charge is 1.00 e. The van der Waals surface area contributed by atoms with Gasteiger partial charge in [-0.25, -0.2) is 0 Å². The molecule has 0 saturated carbocycles. The average molecular weight is 308 g/mol. The zero-order valence-electron chi connectivity index (χ0n) is 13.8. The molecule has 6 nitrogen and oxygen atoms in total. The first-order valence-electron chi connectivity index (χ1n) is 7.44. The Balaban J connectivity index is 0. The topological polar surface area (TPSA) is 97.7 Å². The second-order valence-corrected chi connectivity index (χ2v) is 5.34. The van der Waals surface area contributed by atoms with Crippen molar-refractivity contribution in [3.63, 3.8) is 0 Å². The number of aliphatic carboxylic acids is 2. The Hall–Kier alpha value is -0.803. The number of quaternary nitrogens is 1. The van der Waals surface area contributed by atoms with Gasteiger partial charge in [-0.1, -0.05) is 12.2 Å². The third kappa shape index (κ3) is 11.8. The van der Waals surface area contributed by atoms with Crippen molar-refractivity contribution < 1.29 is 48.3 Å². The van der Waals surface area contributed by atoms with Crippen molar-refractivity contribution in [1.82, 2.24) is 0 Å². The minimum Gasteiger partial charge on any atom is -0.550 e. The van der Waals surface area contributed by atoms with Crippen LogP contribution in [0.4, 0.5) is 0 Å². The quantitative estimate of drug-likeness (QED) is 0.129. The van der Waals surface area contributed by atoms with Gasteiger partial charge in [0.15, 0.2) is 6.73 Å². The van der Waals surface area contributed by atoms with E-state index >= 15 is 0 Å². The van der Waals surface area contributed by atoms with Gasteiger partial charge >= 0.3 is 24.8 Å². The molecule has 0 aliphatic rings. The molecule has 22 heavy (non-hydrogen) atoms. The van der Waals surface area contributed by atoms with E-state index in [4.69, 9.17) is 5.11 Å². The number of hydrogen-bond acceptors (Lipinski definition) is 4. The standard InChI is InChI=1S/C15H27NO5.Li/c1-2-3-4-5-6-7-10-16(13-17,11-8-14(18)19)12-9-15(20)21;/h2-3,17H,4-13H2,1H3,(H-,18,19,20,21);/q;+1/b3-2+;. The minimum atomic E-state index is -1.17. The molecule has 0 aromatic carbocycles. The number of carboxylic acid groups (broad SMARTS) is 2. The van der Waals surface area contributed by atoms with Gasteiger partial charge in [-0.15, -0.1) is 0 Å². The van der Waals surface area contributed by atoms with Crippen LogP contribution < -0.4 is 24.0 Å². The third-order valence-electron chi connectivity index (χ3n) is 3.63. The second kappa shape index (κ2) is 13.8. The summed E-state index contributed by atoms with van der Waals surface area (Å²) in [6.45, 7) is 2.77. The zero-order chi connectivity index (χ0) is 16.1. The molecule has 0 spiro atoms. The van der Waals surface area contributed by atoms with Crippen LogP contribution in [0.25, 0.3) is 0 Å². The van der Waals surface area contributed by atoms with Crippen LogP contribution in [0, 0.1) is 0 Å². The van der Waals surface area contributed by atoms with E-state index in [1.54, 1.807) is 0 Å². The molecular formula is C15H27LiNO5+. The molecule has 0 fully saturated rings. The zero-order valence-corrected chi connectivity index (χ0v) is 13.8. The van der Waals surface area contributed by atoms with Crippen LogP contribution in [-0.4, -0.2) is 53.0 Å². The maximum absolute atomic E-state index is 10.7. The molecular weight excluding hydrogens is 281 g/mol. The number of hydrogen-bond donors (Lipinski definition) is 2. The average Bonchev–Trinajstić information content (AvgIpc) is 2.45. The summed E-state index contributed by atoms with van der Waals surface area (Å²) in [5.41, 5.74) is 0. The predicted octanol–water partition coefficient (Wildman–Crippen LogP) is -2.49. The summed E-state index contributed by atoms with van der Waals surface area (Å²) in [4.78, 5) is 21.3. The van der Waals surface area contributed by atoms with Crippen LogP contribution in [0.2, 0.25) is 0 Å². The molecule has 0 rings (SSSR count). The molecule has 1 atom stereocenters. The number of allylic oxidation sites excluding steroid dienone is 2. The fraction of sp³-hybridized carbons (Fsp3) is 0.733. The van der Waals surface area contributed by atoms with Gasteiger partial charge < -0.3 is 24.6 Å². The maximum Gasteiger partial charge on any atom is 1.00 e. The van der Waals surface area contributed by atoms with Crippen LogP contribution in [-0.2, 0) is 9.59 Å². The van der Waals surface area contributed by atoms with Gasteiger partial charge in [0, 0.05) is 12.4 Å². The normalized spacial score (nSPS) is 13.5. The monoisotopic (exact) mass is 308 g/mol. The summed E-state index contributed by atoms with van der Waals surface area (Å²) in [6.07, 6.45) is 7.70. The number of carbonyl (C=O) groups excluding carboxylic acids is 1. The molecule has 0 amide bonds. The van der Waals surface area contributed by atoms with Crippen LogP contribution in [0.15, 0.2) is 12.2 Å². The molecule has 0 heterocycles. The fourth-order valence-corrected chi connectivity index (χ4v) is 2.26. The number of carbonyl (C=O) groups is 2. The number of rotatable bonds is 13. The van der Waals surface area contributed by atoms with E-state index in [0.717, 1.165) is 25.7 Å². The number of unbranched alkanes of at least 4 members (excludes halogenated alkanes) is 3. The predicted molar refractivity (Wildman–Crippen MR) is 77.1 cm³/mol. The first-order valence-corrected chi connectivity index (χ1v) is 7.44. The molecule has 122 valence electrons. The van der Waals surface area contributed by atoms with E-state index in [1.165, 1.54) is 0 Å². The Morgan fingerprint density at radius 1 is 1.09 bits per heavy atom. The molecule has 0 aliphatic heterocycles. The Bertz CT molecular complexity index is 329. The molecule has 0 aromatic heterocycles. The van der Waals surface area contributed by atoms with Crippen molar-refractivity contribution in [2.24, 2.45) is 0 Å². The van der Waals surface area contributed by atoms with E-state index in [1.807, 2.05) is 13.0 Å². The van der Waals surface area contributed by atoms with Gasteiger partial charge in [0.1, 0.15) is 0 Å². The van der Waals surface area contributed by atoms with E-state index in [-0.39, 0.29) is 56.0 Å². The van der Waals surface area contributed by atoms with E-state index in [9.17, 15) is 19.8 Å². The summed E-state index contributed by atoms with van der Waals surface area (Å²) < 4.78 is 0.115. The van der Waals surface area contributed by atoms with Crippen LogP contribution in [0.3, 0.4) is 0 Å². The van der Waals surface area contributed by atoms with Crippen LogP contribution >= 0.6 is 0 Å². The smallest absolute Gasteiger partial charge is 0.550 e. The molecule has 2 N–H and O–H groups in total. The molecule has 0 aliphatic carbocycles. The summed E-state index contributed by atoms with van der Waals surface area (Å²) >= 11 is 0. The minimum absolute atomic E-state index is 0. The molecule has 0 aromatic rings. The first kappa shape index (κ1) is 23.5. The van der Waals surface area contributed by atoms with Crippen molar-refractivity contribution in [2.75, 3.05) is 26.4 Å². The number of carboxylic acids is 2. The summed E-state index contributed by atoms with van der Waals surface area (Å²) in [5.74, 6) is -2.11. The van der Waals surface area contributed by atoms with E-state index in [2.05, 4.69) is 6.08 Å². The Kier molecular flexibility index (Phi) is 14.8. The van der Waals surface area contributed by atoms with Gasteiger partial charge in [0.25, 0.3) is 0 Å². The van der Waals surface area contributed by atoms with Crippen molar-refractivity contribution in [3.8, 4) is 0 Å². The Morgan fingerprint density at radius 2 is 1.73 bits per heavy atom. The van der Waals surface area contributed by atoms with Crippen molar-refractivity contribution in [2.45, 2.75) is 45.4 Å². The van der Waals surface area contributed by atoms with Gasteiger partial charge in [0.2, 0.25) is 0 Å². The van der Waals surface area contributed by atoms with Crippen molar-refractivity contribution >= 4 is 11.9 Å². The Labute approximate surface area is 144 Å². The molecule has 0 bridgehead atoms. The van der Waals surface area contributed by atoms with Gasteiger partial charge in [-0.05, 0) is 32.6 Å². The molecule has 0 radical (unpaired) electrons.